The van der Waals surface area contributed by atoms with Gasteiger partial charge in [-0.1, -0.05) is 30.3 Å². The minimum absolute atomic E-state index is 0.0700. The van der Waals surface area contributed by atoms with Gasteiger partial charge in [0.2, 0.25) is 4.91 Å². The molecule has 2 rings (SSSR count). The van der Waals surface area contributed by atoms with E-state index in [0.717, 1.165) is 12.1 Å². The highest BCUT2D eigenvalue weighted by Gasteiger charge is 2.25. The normalized spacial score (nSPS) is 12.0. The van der Waals surface area contributed by atoms with Crippen molar-refractivity contribution in [1.82, 2.24) is 4.91 Å². The summed E-state index contributed by atoms with van der Waals surface area (Å²) in [5.74, 6) is 0. The summed E-state index contributed by atoms with van der Waals surface area (Å²) in [4.78, 5) is 14.4. The molecule has 0 heterocycles. The number of hydrogen-bond acceptors (Lipinski definition) is 5. The lowest BCUT2D eigenvalue weighted by molar-refractivity contribution is 0.148. The van der Waals surface area contributed by atoms with Gasteiger partial charge >= 0.3 is 16.1 Å². The molecule has 1 atom stereocenters. The molecule has 2 aromatic rings. The second kappa shape index (κ2) is 7.01. The van der Waals surface area contributed by atoms with Crippen LogP contribution in [-0.2, 0) is 10.0 Å². The lowest BCUT2D eigenvalue weighted by Gasteiger charge is -2.25. The van der Waals surface area contributed by atoms with Gasteiger partial charge in [0.05, 0.1) is 10.6 Å². The molecule has 9 nitrogen and oxygen atoms in total. The molecule has 1 amide bonds. The number of carboxylic acid groups (broad SMARTS) is 1. The maximum Gasteiger partial charge on any atom is 0.414 e. The number of nitrogens with one attached hydrogen (secondary N) is 1. The molecule has 2 aromatic carbocycles. The van der Waals surface area contributed by atoms with Crippen LogP contribution in [0.2, 0.25) is 0 Å². The van der Waals surface area contributed by atoms with Crippen LogP contribution in [0.4, 0.5) is 10.5 Å². The molecule has 0 aromatic heterocycles. The fourth-order valence-corrected chi connectivity index (χ4v) is 2.69. The molecule has 3 N–H and O–H groups in total. The second-order valence-electron chi connectivity index (χ2n) is 4.59. The Morgan fingerprint density at radius 3 is 2.21 bits per heavy atom. The van der Waals surface area contributed by atoms with Crippen LogP contribution in [0.15, 0.2) is 64.0 Å². The smallest absolute Gasteiger partial charge is 0.414 e. The van der Waals surface area contributed by atoms with Crippen molar-refractivity contribution in [3.05, 3.63) is 60.2 Å². The molecule has 124 valence electrons. The summed E-state index contributed by atoms with van der Waals surface area (Å²) in [6.45, 7) is 0. The van der Waals surface area contributed by atoms with Crippen molar-refractivity contribution in [2.24, 2.45) is 4.52 Å². The van der Waals surface area contributed by atoms with E-state index < -0.39 is 22.3 Å². The SMILES string of the molecule is N=[N+]=NS(=O)(=O)c1ccc(N(C(=O)O)C(O)c2ccccc2)cc1. The maximum absolute atomic E-state index is 11.6. The van der Waals surface area contributed by atoms with Crippen LogP contribution in [0.3, 0.4) is 0 Å². The van der Waals surface area contributed by atoms with Crippen LogP contribution in [0, 0.1) is 5.53 Å². The van der Waals surface area contributed by atoms with Gasteiger partial charge < -0.3 is 10.2 Å². The summed E-state index contributed by atoms with van der Waals surface area (Å²) in [5.41, 5.74) is 6.92. The van der Waals surface area contributed by atoms with Gasteiger partial charge in [-0.25, -0.2) is 9.69 Å². The molecular weight excluding hydrogens is 336 g/mol. The van der Waals surface area contributed by atoms with E-state index in [4.69, 9.17) is 5.53 Å². The summed E-state index contributed by atoms with van der Waals surface area (Å²) in [6.07, 6.45) is -2.87. The van der Waals surface area contributed by atoms with Crippen molar-refractivity contribution in [3.63, 3.8) is 0 Å². The molecule has 0 spiro atoms. The summed E-state index contributed by atoms with van der Waals surface area (Å²) >= 11 is 0. The number of sulfonamides is 1. The van der Waals surface area contributed by atoms with E-state index in [2.05, 4.69) is 9.43 Å². The number of aliphatic hydroxyl groups is 1. The first-order valence-electron chi connectivity index (χ1n) is 6.56. The standard InChI is InChI=1S/C14H12N4O5S/c15-16-17-24(22,23)12-8-6-11(7-9-12)18(14(20)21)13(19)10-4-2-1-3-5-10/h1-9,13,15,19H/p+1. The van der Waals surface area contributed by atoms with E-state index in [-0.39, 0.29) is 10.6 Å². The average Bonchev–Trinajstić information content (AvgIpc) is 2.56. The lowest BCUT2D eigenvalue weighted by Crippen LogP contribution is -2.33. The number of hydrogen-bond donors (Lipinski definition) is 3. The first kappa shape index (κ1) is 17.3. The number of rotatable bonds is 5. The van der Waals surface area contributed by atoms with Crippen molar-refractivity contribution in [1.29, 1.82) is 5.53 Å². The van der Waals surface area contributed by atoms with Gasteiger partial charge in [0, 0.05) is 5.56 Å². The van der Waals surface area contributed by atoms with E-state index in [9.17, 15) is 23.4 Å². The van der Waals surface area contributed by atoms with E-state index in [0.29, 0.717) is 10.5 Å². The monoisotopic (exact) mass is 349 g/mol. The first-order chi connectivity index (χ1) is 11.4. The molecule has 0 fully saturated rings. The number of nitrogens with zero attached hydrogens (tertiary/aromatic N) is 3. The van der Waals surface area contributed by atoms with Crippen molar-refractivity contribution < 1.29 is 23.4 Å². The minimum Gasteiger partial charge on any atom is -0.465 e. The zero-order chi connectivity index (χ0) is 17.7. The second-order valence-corrected chi connectivity index (χ2v) is 6.17. The van der Waals surface area contributed by atoms with Gasteiger partial charge in [-0.05, 0) is 24.3 Å². The topological polar surface area (TPSA) is 145 Å². The number of anilines is 1. The van der Waals surface area contributed by atoms with Crippen LogP contribution in [-0.4, -0.2) is 24.7 Å². The highest BCUT2D eigenvalue weighted by molar-refractivity contribution is 7.90. The summed E-state index contributed by atoms with van der Waals surface area (Å²) in [6, 6.07) is 12.8. The van der Waals surface area contributed by atoms with E-state index in [1.807, 2.05) is 0 Å². The zero-order valence-electron chi connectivity index (χ0n) is 12.1. The quantitative estimate of drug-likeness (QED) is 0.430. The zero-order valence-corrected chi connectivity index (χ0v) is 13.0. The molecule has 0 saturated heterocycles. The van der Waals surface area contributed by atoms with Crippen LogP contribution in [0.1, 0.15) is 11.8 Å². The van der Waals surface area contributed by atoms with Gasteiger partial charge in [0.1, 0.15) is 5.53 Å². The molecule has 24 heavy (non-hydrogen) atoms. The van der Waals surface area contributed by atoms with Crippen molar-refractivity contribution in [2.45, 2.75) is 11.1 Å². The molecular formula is C14H13N4O5S+. The van der Waals surface area contributed by atoms with Gasteiger partial charge in [0.25, 0.3) is 4.52 Å². The van der Waals surface area contributed by atoms with Crippen LogP contribution in [0.25, 0.3) is 0 Å². The third-order valence-corrected chi connectivity index (χ3v) is 4.27. The van der Waals surface area contributed by atoms with Gasteiger partial charge in [-0.15, -0.1) is 0 Å². The summed E-state index contributed by atoms with van der Waals surface area (Å²) in [5, 5.41) is 19.6. The number of aliphatic hydroxyl groups excluding tert-OH is 1. The Bertz CT molecular complexity index is 877. The molecule has 0 bridgehead atoms. The third-order valence-electron chi connectivity index (χ3n) is 3.11. The number of benzene rings is 2. The van der Waals surface area contributed by atoms with Crippen LogP contribution >= 0.6 is 0 Å². The van der Waals surface area contributed by atoms with E-state index >= 15 is 0 Å². The summed E-state index contributed by atoms with van der Waals surface area (Å²) in [7, 11) is -4.10. The molecule has 0 radical (unpaired) electrons. The fraction of sp³-hybridized carbons (Fsp3) is 0.0714. The molecule has 0 aliphatic rings. The minimum atomic E-state index is -4.10. The Morgan fingerprint density at radius 1 is 1.12 bits per heavy atom. The maximum atomic E-state index is 11.6. The number of amides is 1. The molecule has 0 aliphatic heterocycles. The molecule has 10 heteroatoms. The molecule has 0 saturated carbocycles. The highest BCUT2D eigenvalue weighted by Crippen LogP contribution is 2.27. The fourth-order valence-electron chi connectivity index (χ4n) is 2.01. The molecule has 1 unspecified atom stereocenters. The number of carbonyl (C=O) groups is 1. The van der Waals surface area contributed by atoms with Crippen LogP contribution < -0.4 is 9.81 Å². The van der Waals surface area contributed by atoms with Crippen molar-refractivity contribution in [2.75, 3.05) is 4.90 Å². The first-order valence-corrected chi connectivity index (χ1v) is 8.00. The largest absolute Gasteiger partial charge is 0.465 e. The van der Waals surface area contributed by atoms with Crippen molar-refractivity contribution in [3.8, 4) is 0 Å². The van der Waals surface area contributed by atoms with Crippen LogP contribution in [0.5, 0.6) is 0 Å². The summed E-state index contributed by atoms with van der Waals surface area (Å²) < 4.78 is 26.1. The molecule has 0 aliphatic carbocycles. The third kappa shape index (κ3) is 3.63. The van der Waals surface area contributed by atoms with E-state index in [1.54, 1.807) is 30.3 Å². The Labute approximate surface area is 137 Å². The predicted octanol–water partition coefficient (Wildman–Crippen LogP) is 2.10. The Morgan fingerprint density at radius 2 is 1.71 bits per heavy atom. The highest BCUT2D eigenvalue weighted by atomic mass is 32.2. The van der Waals surface area contributed by atoms with Crippen molar-refractivity contribution >= 4 is 21.8 Å². The Hall–Kier alpha value is -3.07. The average molecular weight is 349 g/mol. The lowest BCUT2D eigenvalue weighted by atomic mass is 10.1. The van der Waals surface area contributed by atoms with E-state index in [1.165, 1.54) is 12.1 Å². The van der Waals surface area contributed by atoms with Gasteiger partial charge in [0.15, 0.2) is 6.23 Å². The van der Waals surface area contributed by atoms with Gasteiger partial charge in [-0.3, -0.25) is 0 Å². The Kier molecular flexibility index (Phi) is 5.05. The predicted molar refractivity (Wildman–Crippen MR) is 82.8 cm³/mol. The van der Waals surface area contributed by atoms with Gasteiger partial charge in [-0.2, -0.15) is 8.42 Å². The Balaban J connectivity index is 2.40.